The highest BCUT2D eigenvalue weighted by Gasteiger charge is 2.39. The molecule has 8 heteroatoms. The van der Waals surface area contributed by atoms with Crippen LogP contribution in [0.25, 0.3) is 0 Å². The predicted octanol–water partition coefficient (Wildman–Crippen LogP) is 2.77. The van der Waals surface area contributed by atoms with Gasteiger partial charge in [-0.25, -0.2) is 8.42 Å². The number of benzene rings is 1. The smallest absolute Gasteiger partial charge is 0.244 e. The molecule has 1 unspecified atom stereocenters. The summed E-state index contributed by atoms with van der Waals surface area (Å²) in [5.74, 6) is 0. The molecule has 1 heterocycles. The third kappa shape index (κ3) is 3.40. The highest BCUT2D eigenvalue weighted by molar-refractivity contribution is 7.89. The van der Waals surface area contributed by atoms with E-state index in [2.05, 4.69) is 0 Å². The molecule has 1 saturated heterocycles. The number of hydrogen-bond acceptors (Lipinski definition) is 3. The molecule has 1 aliphatic rings. The Labute approximate surface area is 135 Å². The number of rotatable bonds is 3. The van der Waals surface area contributed by atoms with Crippen LogP contribution in [0.2, 0.25) is 10.0 Å². The molecule has 1 aliphatic heterocycles. The lowest BCUT2D eigenvalue weighted by atomic mass is 9.90. The molecule has 1 aromatic carbocycles. The van der Waals surface area contributed by atoms with E-state index in [0.717, 1.165) is 6.42 Å². The Morgan fingerprint density at radius 3 is 2.55 bits per heavy atom. The third-order valence-corrected chi connectivity index (χ3v) is 6.09. The molecule has 0 bridgehead atoms. The highest BCUT2D eigenvalue weighted by Crippen LogP contribution is 2.34. The average Bonchev–Trinajstić information content (AvgIpc) is 2.73. The van der Waals surface area contributed by atoms with Gasteiger partial charge in [-0.15, -0.1) is 12.4 Å². The Bertz CT molecular complexity index is 594. The van der Waals surface area contributed by atoms with Gasteiger partial charge in [0, 0.05) is 18.1 Å². The molecule has 20 heavy (non-hydrogen) atoms. The van der Waals surface area contributed by atoms with E-state index in [1.807, 2.05) is 6.92 Å². The number of nitrogens with two attached hydrogens (primary N) is 1. The molecule has 0 spiro atoms. The topological polar surface area (TPSA) is 63.4 Å². The molecule has 2 rings (SSSR count). The second-order valence-corrected chi connectivity index (χ2v) is 7.93. The lowest BCUT2D eigenvalue weighted by Crippen LogP contribution is -2.34. The van der Waals surface area contributed by atoms with Crippen LogP contribution in [-0.2, 0) is 10.0 Å². The maximum absolute atomic E-state index is 12.5. The molecule has 2 N–H and O–H groups in total. The van der Waals surface area contributed by atoms with Crippen LogP contribution in [0, 0.1) is 5.41 Å². The molecule has 0 saturated carbocycles. The van der Waals surface area contributed by atoms with Crippen LogP contribution < -0.4 is 5.73 Å². The summed E-state index contributed by atoms with van der Waals surface area (Å²) < 4.78 is 26.5. The summed E-state index contributed by atoms with van der Waals surface area (Å²) in [6, 6.07) is 4.41. The van der Waals surface area contributed by atoms with E-state index in [-0.39, 0.29) is 27.7 Å². The first kappa shape index (κ1) is 18.0. The summed E-state index contributed by atoms with van der Waals surface area (Å²) in [6.45, 7) is 3.35. The van der Waals surface area contributed by atoms with Gasteiger partial charge >= 0.3 is 0 Å². The largest absolute Gasteiger partial charge is 0.330 e. The number of hydrogen-bond donors (Lipinski definition) is 1. The van der Waals surface area contributed by atoms with Crippen LogP contribution in [0.15, 0.2) is 23.1 Å². The van der Waals surface area contributed by atoms with Gasteiger partial charge in [-0.1, -0.05) is 30.1 Å². The van der Waals surface area contributed by atoms with Crippen molar-refractivity contribution >= 4 is 45.6 Å². The summed E-state index contributed by atoms with van der Waals surface area (Å²) in [7, 11) is -3.58. The predicted molar refractivity (Wildman–Crippen MR) is 84.2 cm³/mol. The molecule has 4 nitrogen and oxygen atoms in total. The van der Waals surface area contributed by atoms with Crippen LogP contribution in [0.1, 0.15) is 13.3 Å². The molecule has 114 valence electrons. The second-order valence-electron chi connectivity index (χ2n) is 5.18. The van der Waals surface area contributed by atoms with Crippen LogP contribution >= 0.6 is 35.6 Å². The van der Waals surface area contributed by atoms with Crippen molar-refractivity contribution in [3.05, 3.63) is 28.2 Å². The maximum atomic E-state index is 12.5. The minimum atomic E-state index is -3.58. The Morgan fingerprint density at radius 2 is 2.05 bits per heavy atom. The summed E-state index contributed by atoms with van der Waals surface area (Å²) in [5.41, 5.74) is 5.54. The summed E-state index contributed by atoms with van der Waals surface area (Å²) >= 11 is 11.8. The summed E-state index contributed by atoms with van der Waals surface area (Å²) in [6.07, 6.45) is 0.758. The Kier molecular flexibility index (Phi) is 5.75. The Morgan fingerprint density at radius 1 is 1.40 bits per heavy atom. The minimum absolute atomic E-state index is 0. The monoisotopic (exact) mass is 358 g/mol. The Balaban J connectivity index is 0.00000200. The van der Waals surface area contributed by atoms with Crippen molar-refractivity contribution in [2.45, 2.75) is 18.2 Å². The fourth-order valence-electron chi connectivity index (χ4n) is 2.17. The SMILES string of the molecule is CC1(CN)CCN(S(=O)(=O)c2ccc(Cl)cc2Cl)C1.Cl. The zero-order valence-corrected chi connectivity index (χ0v) is 14.1. The molecule has 1 aromatic rings. The molecule has 0 aliphatic carbocycles. The van der Waals surface area contributed by atoms with E-state index in [1.54, 1.807) is 0 Å². The average molecular weight is 360 g/mol. The van der Waals surface area contributed by atoms with Crippen molar-refractivity contribution < 1.29 is 8.42 Å². The minimum Gasteiger partial charge on any atom is -0.330 e. The zero-order chi connectivity index (χ0) is 14.3. The molecule has 0 amide bonds. The van der Waals surface area contributed by atoms with Crippen LogP contribution in [-0.4, -0.2) is 32.4 Å². The van der Waals surface area contributed by atoms with Gasteiger partial charge in [0.15, 0.2) is 0 Å². The van der Waals surface area contributed by atoms with E-state index < -0.39 is 10.0 Å². The van der Waals surface area contributed by atoms with Crippen LogP contribution in [0.4, 0.5) is 0 Å². The van der Waals surface area contributed by atoms with Crippen molar-refractivity contribution in [2.24, 2.45) is 11.1 Å². The maximum Gasteiger partial charge on any atom is 0.244 e. The fraction of sp³-hybridized carbons (Fsp3) is 0.500. The summed E-state index contributed by atoms with van der Waals surface area (Å²) in [4.78, 5) is 0.0971. The van der Waals surface area contributed by atoms with Gasteiger partial charge in [0.05, 0.1) is 5.02 Å². The fourth-order valence-corrected chi connectivity index (χ4v) is 4.51. The second kappa shape index (κ2) is 6.38. The first-order valence-corrected chi connectivity index (χ1v) is 8.13. The van der Waals surface area contributed by atoms with E-state index in [1.165, 1.54) is 22.5 Å². The van der Waals surface area contributed by atoms with Crippen molar-refractivity contribution in [1.29, 1.82) is 0 Å². The van der Waals surface area contributed by atoms with Gasteiger partial charge in [0.1, 0.15) is 4.90 Å². The number of nitrogens with zero attached hydrogens (tertiary/aromatic N) is 1. The molecule has 1 fully saturated rings. The van der Waals surface area contributed by atoms with E-state index >= 15 is 0 Å². The zero-order valence-electron chi connectivity index (χ0n) is 11.0. The van der Waals surface area contributed by atoms with E-state index in [0.29, 0.717) is 24.7 Å². The van der Waals surface area contributed by atoms with Crippen molar-refractivity contribution in [3.63, 3.8) is 0 Å². The standard InChI is InChI=1S/C12H16Cl2N2O2S.ClH/c1-12(7-15)4-5-16(8-12)19(17,18)11-3-2-9(13)6-10(11)14;/h2-3,6H,4-5,7-8,15H2,1H3;1H. The third-order valence-electron chi connectivity index (χ3n) is 3.53. The quantitative estimate of drug-likeness (QED) is 0.902. The van der Waals surface area contributed by atoms with Gasteiger partial charge in [0.2, 0.25) is 10.0 Å². The first-order chi connectivity index (χ1) is 8.78. The number of halogens is 3. The van der Waals surface area contributed by atoms with Crippen molar-refractivity contribution in [1.82, 2.24) is 4.31 Å². The van der Waals surface area contributed by atoms with Crippen molar-refractivity contribution in [2.75, 3.05) is 19.6 Å². The van der Waals surface area contributed by atoms with Crippen molar-refractivity contribution in [3.8, 4) is 0 Å². The molecule has 0 aromatic heterocycles. The lowest BCUT2D eigenvalue weighted by molar-refractivity contribution is 0.349. The van der Waals surface area contributed by atoms with Gasteiger partial charge in [0.25, 0.3) is 0 Å². The summed E-state index contributed by atoms with van der Waals surface area (Å²) in [5, 5.41) is 0.561. The van der Waals surface area contributed by atoms with Crippen LogP contribution in [0.3, 0.4) is 0 Å². The van der Waals surface area contributed by atoms with Gasteiger partial charge in [-0.3, -0.25) is 0 Å². The molecular weight excluding hydrogens is 343 g/mol. The van der Waals surface area contributed by atoms with Gasteiger partial charge < -0.3 is 5.73 Å². The van der Waals surface area contributed by atoms with E-state index in [4.69, 9.17) is 28.9 Å². The lowest BCUT2D eigenvalue weighted by Gasteiger charge is -2.22. The van der Waals surface area contributed by atoms with Gasteiger partial charge in [-0.05, 0) is 36.6 Å². The first-order valence-electron chi connectivity index (χ1n) is 5.94. The molecule has 1 atom stereocenters. The van der Waals surface area contributed by atoms with E-state index in [9.17, 15) is 8.42 Å². The van der Waals surface area contributed by atoms with Gasteiger partial charge in [-0.2, -0.15) is 4.31 Å². The Hall–Kier alpha value is -0.0400. The van der Waals surface area contributed by atoms with Crippen LogP contribution in [0.5, 0.6) is 0 Å². The highest BCUT2D eigenvalue weighted by atomic mass is 35.5. The normalized spacial score (nSPS) is 23.6. The number of sulfonamides is 1. The molecule has 0 radical (unpaired) electrons. The molecular formula is C12H17Cl3N2O2S.